The highest BCUT2D eigenvalue weighted by atomic mass is 35.5. The predicted molar refractivity (Wildman–Crippen MR) is 105 cm³/mol. The molecule has 1 fully saturated rings. The number of nitrogens with zero attached hydrogens (tertiary/aromatic N) is 1. The second-order valence-electron chi connectivity index (χ2n) is 6.42. The fourth-order valence-electron chi connectivity index (χ4n) is 2.71. The number of oxime groups is 1. The van der Waals surface area contributed by atoms with Gasteiger partial charge in [0.25, 0.3) is 0 Å². The van der Waals surface area contributed by atoms with Gasteiger partial charge in [-0.25, -0.2) is 4.79 Å². The molecule has 0 radical (unpaired) electrons. The quantitative estimate of drug-likeness (QED) is 0.466. The predicted octanol–water partition coefficient (Wildman–Crippen LogP) is 5.76. The fourth-order valence-corrected chi connectivity index (χ4v) is 2.84. The highest BCUT2D eigenvalue weighted by Gasteiger charge is 2.18. The van der Waals surface area contributed by atoms with Gasteiger partial charge in [0.15, 0.2) is 6.10 Å². The van der Waals surface area contributed by atoms with Crippen LogP contribution in [0.1, 0.15) is 39.0 Å². The summed E-state index contributed by atoms with van der Waals surface area (Å²) in [5, 5.41) is 4.62. The monoisotopic (exact) mass is 387 g/mol. The van der Waals surface area contributed by atoms with Crippen molar-refractivity contribution < 1.29 is 19.1 Å². The van der Waals surface area contributed by atoms with Crippen molar-refractivity contribution in [3.8, 4) is 17.2 Å². The zero-order chi connectivity index (χ0) is 19.1. The molecule has 3 rings (SSSR count). The van der Waals surface area contributed by atoms with Gasteiger partial charge in [0, 0.05) is 5.02 Å². The summed E-state index contributed by atoms with van der Waals surface area (Å²) in [6.45, 7) is 1.64. The Labute approximate surface area is 163 Å². The van der Waals surface area contributed by atoms with E-state index in [0.29, 0.717) is 22.3 Å². The molecule has 0 N–H and O–H groups in total. The van der Waals surface area contributed by atoms with Crippen LogP contribution in [0.15, 0.2) is 53.7 Å². The maximum atomic E-state index is 12.0. The minimum atomic E-state index is -0.749. The van der Waals surface area contributed by atoms with Crippen LogP contribution in [-0.2, 0) is 9.63 Å². The van der Waals surface area contributed by atoms with Gasteiger partial charge in [-0.1, -0.05) is 23.2 Å². The lowest BCUT2D eigenvalue weighted by molar-refractivity contribution is -0.151. The number of rotatable bonds is 6. The zero-order valence-corrected chi connectivity index (χ0v) is 15.9. The van der Waals surface area contributed by atoms with Crippen molar-refractivity contribution in [2.75, 3.05) is 0 Å². The second-order valence-corrected chi connectivity index (χ2v) is 6.85. The Hall–Kier alpha value is -2.53. The van der Waals surface area contributed by atoms with Gasteiger partial charge in [-0.05, 0) is 81.1 Å². The summed E-state index contributed by atoms with van der Waals surface area (Å²) in [4.78, 5) is 17.1. The van der Waals surface area contributed by atoms with Crippen LogP contribution in [-0.4, -0.2) is 17.8 Å². The van der Waals surface area contributed by atoms with E-state index in [-0.39, 0.29) is 0 Å². The van der Waals surface area contributed by atoms with E-state index in [1.165, 1.54) is 6.42 Å². The van der Waals surface area contributed by atoms with Gasteiger partial charge in [0.1, 0.15) is 17.2 Å². The number of carbonyl (C=O) groups excluding carboxylic acids is 1. The molecule has 0 spiro atoms. The summed E-state index contributed by atoms with van der Waals surface area (Å²) in [5.74, 6) is 1.39. The normalized spacial score (nSPS) is 15.0. The summed E-state index contributed by atoms with van der Waals surface area (Å²) in [7, 11) is 0. The van der Waals surface area contributed by atoms with Crippen molar-refractivity contribution in [3.63, 3.8) is 0 Å². The Balaban J connectivity index is 1.50. The SMILES string of the molecule is CC(Oc1ccc(Oc2ccc(Cl)cc2)cc1)C(=O)ON=C1CCCCC1. The van der Waals surface area contributed by atoms with Crippen LogP contribution >= 0.6 is 11.6 Å². The molecule has 0 amide bonds. The summed E-state index contributed by atoms with van der Waals surface area (Å²) in [5.41, 5.74) is 0.950. The molecule has 0 saturated heterocycles. The lowest BCUT2D eigenvalue weighted by Gasteiger charge is -2.14. The van der Waals surface area contributed by atoms with Crippen molar-refractivity contribution in [3.05, 3.63) is 53.6 Å². The molecule has 1 atom stereocenters. The van der Waals surface area contributed by atoms with Gasteiger partial charge in [-0.3, -0.25) is 0 Å². The van der Waals surface area contributed by atoms with E-state index >= 15 is 0 Å². The van der Waals surface area contributed by atoms with Crippen LogP contribution in [0, 0.1) is 0 Å². The smallest absolute Gasteiger partial charge is 0.374 e. The molecular formula is C21H22ClNO4. The first-order chi connectivity index (χ1) is 13.1. The van der Waals surface area contributed by atoms with E-state index in [2.05, 4.69) is 5.16 Å². The van der Waals surface area contributed by atoms with Crippen molar-refractivity contribution >= 4 is 23.3 Å². The molecule has 1 saturated carbocycles. The number of carbonyl (C=O) groups is 1. The standard InChI is InChI=1S/C21H22ClNO4/c1-15(21(24)27-23-17-5-3-2-4-6-17)25-18-11-13-20(14-12-18)26-19-9-7-16(22)8-10-19/h7-15H,2-6H2,1H3. The van der Waals surface area contributed by atoms with Gasteiger partial charge in [0.2, 0.25) is 0 Å². The number of ether oxygens (including phenoxy) is 2. The number of benzene rings is 2. The highest BCUT2D eigenvalue weighted by Crippen LogP contribution is 2.25. The third-order valence-electron chi connectivity index (χ3n) is 4.21. The highest BCUT2D eigenvalue weighted by molar-refractivity contribution is 6.30. The van der Waals surface area contributed by atoms with Crippen LogP contribution in [0.3, 0.4) is 0 Å². The van der Waals surface area contributed by atoms with E-state index in [1.54, 1.807) is 55.5 Å². The molecule has 27 heavy (non-hydrogen) atoms. The first kappa shape index (κ1) is 19.2. The first-order valence-electron chi connectivity index (χ1n) is 9.07. The van der Waals surface area contributed by atoms with E-state index in [4.69, 9.17) is 25.9 Å². The summed E-state index contributed by atoms with van der Waals surface area (Å²) >= 11 is 5.86. The van der Waals surface area contributed by atoms with Gasteiger partial charge >= 0.3 is 5.97 Å². The third kappa shape index (κ3) is 6.00. The van der Waals surface area contributed by atoms with E-state index in [0.717, 1.165) is 31.4 Å². The van der Waals surface area contributed by atoms with Crippen LogP contribution in [0.2, 0.25) is 5.02 Å². The molecular weight excluding hydrogens is 366 g/mol. The average Bonchev–Trinajstić information content (AvgIpc) is 2.70. The maximum absolute atomic E-state index is 12.0. The van der Waals surface area contributed by atoms with Crippen LogP contribution < -0.4 is 9.47 Å². The van der Waals surface area contributed by atoms with Gasteiger partial charge in [-0.15, -0.1) is 0 Å². The van der Waals surface area contributed by atoms with Crippen molar-refractivity contribution in [1.82, 2.24) is 0 Å². The van der Waals surface area contributed by atoms with E-state index < -0.39 is 12.1 Å². The molecule has 1 aliphatic rings. The maximum Gasteiger partial charge on any atom is 0.374 e. The Morgan fingerprint density at radius 1 is 0.926 bits per heavy atom. The molecule has 2 aromatic carbocycles. The Bertz CT molecular complexity index is 779. The van der Waals surface area contributed by atoms with Crippen molar-refractivity contribution in [2.24, 2.45) is 5.16 Å². The lowest BCUT2D eigenvalue weighted by Crippen LogP contribution is -2.25. The number of halogens is 1. The van der Waals surface area contributed by atoms with Crippen LogP contribution in [0.25, 0.3) is 0 Å². The van der Waals surface area contributed by atoms with Gasteiger partial charge < -0.3 is 14.3 Å². The van der Waals surface area contributed by atoms with Crippen LogP contribution in [0.5, 0.6) is 17.2 Å². The first-order valence-corrected chi connectivity index (χ1v) is 9.45. The molecule has 142 valence electrons. The Morgan fingerprint density at radius 2 is 1.48 bits per heavy atom. The molecule has 2 aromatic rings. The molecule has 0 aliphatic heterocycles. The zero-order valence-electron chi connectivity index (χ0n) is 15.2. The number of hydrogen-bond acceptors (Lipinski definition) is 5. The largest absolute Gasteiger partial charge is 0.479 e. The van der Waals surface area contributed by atoms with Crippen LogP contribution in [0.4, 0.5) is 0 Å². The van der Waals surface area contributed by atoms with Gasteiger partial charge in [-0.2, -0.15) is 0 Å². The summed E-state index contributed by atoms with van der Waals surface area (Å²) in [6, 6.07) is 14.1. The summed E-state index contributed by atoms with van der Waals surface area (Å²) < 4.78 is 11.3. The molecule has 1 unspecified atom stereocenters. The lowest BCUT2D eigenvalue weighted by atomic mass is 9.99. The molecule has 0 bridgehead atoms. The molecule has 0 heterocycles. The average molecular weight is 388 g/mol. The Morgan fingerprint density at radius 3 is 2.11 bits per heavy atom. The third-order valence-corrected chi connectivity index (χ3v) is 4.47. The molecule has 0 aromatic heterocycles. The fraction of sp³-hybridized carbons (Fsp3) is 0.333. The second kappa shape index (κ2) is 9.42. The molecule has 1 aliphatic carbocycles. The molecule has 6 heteroatoms. The van der Waals surface area contributed by atoms with Gasteiger partial charge in [0.05, 0.1) is 5.71 Å². The minimum Gasteiger partial charge on any atom is -0.479 e. The van der Waals surface area contributed by atoms with Crippen molar-refractivity contribution in [1.29, 1.82) is 0 Å². The molecule has 5 nitrogen and oxygen atoms in total. The van der Waals surface area contributed by atoms with E-state index in [9.17, 15) is 4.79 Å². The minimum absolute atomic E-state index is 0.505. The summed E-state index contributed by atoms with van der Waals surface area (Å²) in [6.07, 6.45) is 4.47. The number of hydrogen-bond donors (Lipinski definition) is 0. The topological polar surface area (TPSA) is 57.1 Å². The van der Waals surface area contributed by atoms with E-state index in [1.807, 2.05) is 0 Å². The Kier molecular flexibility index (Phi) is 6.71. The van der Waals surface area contributed by atoms with Crippen molar-refractivity contribution in [2.45, 2.75) is 45.1 Å².